The zero-order valence-corrected chi connectivity index (χ0v) is 22.3. The molecule has 2 aromatic heterocycles. The molecule has 1 saturated carbocycles. The van der Waals surface area contributed by atoms with Gasteiger partial charge in [0.15, 0.2) is 0 Å². The van der Waals surface area contributed by atoms with E-state index in [0.717, 1.165) is 16.6 Å². The van der Waals surface area contributed by atoms with Gasteiger partial charge >= 0.3 is 6.09 Å². The summed E-state index contributed by atoms with van der Waals surface area (Å²) in [7, 11) is 0. The van der Waals surface area contributed by atoms with E-state index in [-0.39, 0.29) is 41.6 Å². The number of hydrogen-bond acceptors (Lipinski definition) is 9. The molecule has 1 saturated heterocycles. The number of ether oxygens (including phenoxy) is 1. The highest BCUT2D eigenvalue weighted by molar-refractivity contribution is 7.17. The molecule has 2 amide bonds. The third-order valence-electron chi connectivity index (χ3n) is 7.74. The van der Waals surface area contributed by atoms with Crippen LogP contribution in [0.2, 0.25) is 0 Å². The molecule has 4 atom stereocenters. The van der Waals surface area contributed by atoms with Gasteiger partial charge in [0.2, 0.25) is 11.9 Å². The normalized spacial score (nSPS) is 23.8. The minimum atomic E-state index is -0.377. The summed E-state index contributed by atoms with van der Waals surface area (Å²) in [6.07, 6.45) is 4.80. The zero-order chi connectivity index (χ0) is 27.1. The van der Waals surface area contributed by atoms with Crippen molar-refractivity contribution in [2.75, 3.05) is 48.3 Å². The van der Waals surface area contributed by atoms with Crippen LogP contribution in [0.4, 0.5) is 32.3 Å². The minimum absolute atomic E-state index is 0.133. The molecule has 2 bridgehead atoms. The Morgan fingerprint density at radius 3 is 2.69 bits per heavy atom. The van der Waals surface area contributed by atoms with Gasteiger partial charge in [0.05, 0.1) is 28.4 Å². The number of allylic oxidation sites excluding steroid dienone is 1. The molecule has 204 valence electrons. The van der Waals surface area contributed by atoms with Crippen LogP contribution >= 0.6 is 11.3 Å². The van der Waals surface area contributed by atoms with Gasteiger partial charge in [-0.3, -0.25) is 4.79 Å². The average molecular weight is 552 g/mol. The highest BCUT2D eigenvalue weighted by Gasteiger charge is 2.47. The van der Waals surface area contributed by atoms with Crippen molar-refractivity contribution >= 4 is 56.7 Å². The molecule has 4 N–H and O–H groups in total. The number of carbonyl (C=O) groups is 2. The van der Waals surface area contributed by atoms with Gasteiger partial charge in [-0.1, -0.05) is 12.2 Å². The Hall–Kier alpha value is -3.93. The number of anilines is 4. The van der Waals surface area contributed by atoms with Crippen molar-refractivity contribution in [3.8, 4) is 0 Å². The predicted octanol–water partition coefficient (Wildman–Crippen LogP) is 3.94. The second kappa shape index (κ2) is 10.3. The zero-order valence-electron chi connectivity index (χ0n) is 21.5. The minimum Gasteiger partial charge on any atom is -0.450 e. The Bertz CT molecular complexity index is 1440. The number of benzene rings is 1. The number of halogens is 1. The molecule has 10 nitrogen and oxygen atoms in total. The lowest BCUT2D eigenvalue weighted by molar-refractivity contribution is -0.122. The van der Waals surface area contributed by atoms with E-state index in [2.05, 4.69) is 27.8 Å². The Morgan fingerprint density at radius 2 is 1.95 bits per heavy atom. The van der Waals surface area contributed by atoms with E-state index in [0.29, 0.717) is 55.9 Å². The average Bonchev–Trinajstić information content (AvgIpc) is 3.66. The van der Waals surface area contributed by atoms with Crippen LogP contribution in [0.5, 0.6) is 0 Å². The first-order valence-electron chi connectivity index (χ1n) is 13.1. The van der Waals surface area contributed by atoms with E-state index in [1.165, 1.54) is 17.4 Å². The van der Waals surface area contributed by atoms with Crippen molar-refractivity contribution in [3.63, 3.8) is 0 Å². The number of rotatable bonds is 7. The standard InChI is InChI=1S/C27H30FN7O3S/c1-2-38-27(37)35-10-8-34(9-11-35)20-6-5-17(14-18(20)28)30-26-31-19-7-12-39-23(19)25(33-26)32-22-16-4-3-15(13-16)21(22)24(29)36/h3-7,12,14-16,21-22H,2,8-11,13H2,1H3,(H2,29,36)(H2,30,31,32,33)/t15?,16?,21-,22+/m0/s1. The van der Waals surface area contributed by atoms with Gasteiger partial charge < -0.3 is 30.9 Å². The molecule has 0 spiro atoms. The second-order valence-corrected chi connectivity index (χ2v) is 11.0. The predicted molar refractivity (Wildman–Crippen MR) is 149 cm³/mol. The number of thiophene rings is 1. The molecule has 1 aromatic carbocycles. The van der Waals surface area contributed by atoms with Gasteiger partial charge in [0.25, 0.3) is 0 Å². The molecule has 39 heavy (non-hydrogen) atoms. The van der Waals surface area contributed by atoms with Crippen LogP contribution in [-0.2, 0) is 9.53 Å². The first-order valence-corrected chi connectivity index (χ1v) is 14.0. The van der Waals surface area contributed by atoms with Crippen LogP contribution in [0.25, 0.3) is 10.2 Å². The molecule has 0 radical (unpaired) electrons. The van der Waals surface area contributed by atoms with Crippen molar-refractivity contribution in [2.24, 2.45) is 23.5 Å². The van der Waals surface area contributed by atoms with E-state index in [4.69, 9.17) is 15.5 Å². The molecule has 3 aliphatic rings. The number of carbonyl (C=O) groups excluding carboxylic acids is 2. The Morgan fingerprint density at radius 1 is 1.15 bits per heavy atom. The maximum atomic E-state index is 15.2. The summed E-state index contributed by atoms with van der Waals surface area (Å²) in [4.78, 5) is 37.0. The molecular formula is C27H30FN7O3S. The van der Waals surface area contributed by atoms with Crippen molar-refractivity contribution in [1.29, 1.82) is 0 Å². The van der Waals surface area contributed by atoms with Gasteiger partial charge in [-0.2, -0.15) is 4.98 Å². The van der Waals surface area contributed by atoms with Crippen molar-refractivity contribution in [1.82, 2.24) is 14.9 Å². The first-order chi connectivity index (χ1) is 18.9. The fourth-order valence-electron chi connectivity index (χ4n) is 5.90. The first kappa shape index (κ1) is 25.4. The number of piperazine rings is 1. The largest absolute Gasteiger partial charge is 0.450 e. The van der Waals surface area contributed by atoms with Crippen LogP contribution in [0, 0.1) is 23.6 Å². The lowest BCUT2D eigenvalue weighted by Crippen LogP contribution is -2.49. The fourth-order valence-corrected chi connectivity index (χ4v) is 6.68. The number of fused-ring (bicyclic) bond motifs is 3. The molecule has 6 rings (SSSR count). The number of nitrogens with two attached hydrogens (primary N) is 1. The SMILES string of the molecule is CCOC(=O)N1CCN(c2ccc(Nc3nc(N[C@@H]4C5C=CC(C5)[C@@H]4C(N)=O)c4sccc4n3)cc2F)CC1. The number of aromatic nitrogens is 2. The summed E-state index contributed by atoms with van der Waals surface area (Å²) in [6, 6.07) is 6.70. The monoisotopic (exact) mass is 551 g/mol. The smallest absolute Gasteiger partial charge is 0.409 e. The maximum Gasteiger partial charge on any atom is 0.409 e. The Kier molecular flexibility index (Phi) is 6.71. The summed E-state index contributed by atoms with van der Waals surface area (Å²) in [5.41, 5.74) is 7.49. The summed E-state index contributed by atoms with van der Waals surface area (Å²) in [5, 5.41) is 8.57. The summed E-state index contributed by atoms with van der Waals surface area (Å²) in [6.45, 7) is 4.07. The van der Waals surface area contributed by atoms with Crippen molar-refractivity contribution < 1.29 is 18.7 Å². The number of nitrogens with zero attached hydrogens (tertiary/aromatic N) is 4. The van der Waals surface area contributed by atoms with Crippen LogP contribution in [0.15, 0.2) is 41.8 Å². The number of nitrogens with one attached hydrogen (secondary N) is 2. The number of primary amides is 1. The van der Waals surface area contributed by atoms with Gasteiger partial charge in [-0.05, 0) is 54.8 Å². The maximum absolute atomic E-state index is 15.2. The van der Waals surface area contributed by atoms with Crippen molar-refractivity contribution in [2.45, 2.75) is 19.4 Å². The lowest BCUT2D eigenvalue weighted by Gasteiger charge is -2.35. The van der Waals surface area contributed by atoms with E-state index < -0.39 is 0 Å². The molecule has 1 aliphatic heterocycles. The molecule has 2 fully saturated rings. The number of amides is 2. The van der Waals surface area contributed by atoms with Gasteiger partial charge in [-0.15, -0.1) is 11.3 Å². The van der Waals surface area contributed by atoms with Crippen LogP contribution in [0.1, 0.15) is 13.3 Å². The van der Waals surface area contributed by atoms with Crippen LogP contribution < -0.4 is 21.3 Å². The van der Waals surface area contributed by atoms with Crippen LogP contribution in [-0.4, -0.2) is 65.7 Å². The van der Waals surface area contributed by atoms with Gasteiger partial charge in [0, 0.05) is 37.9 Å². The highest BCUT2D eigenvalue weighted by atomic mass is 32.1. The lowest BCUT2D eigenvalue weighted by atomic mass is 9.88. The molecule has 3 aromatic rings. The summed E-state index contributed by atoms with van der Waals surface area (Å²) in [5.74, 6) is 0.351. The molecular weight excluding hydrogens is 521 g/mol. The molecule has 3 heterocycles. The fraction of sp³-hybridized carbons (Fsp3) is 0.407. The summed E-state index contributed by atoms with van der Waals surface area (Å²) < 4.78 is 21.1. The third-order valence-corrected chi connectivity index (χ3v) is 8.66. The number of hydrogen-bond donors (Lipinski definition) is 3. The topological polar surface area (TPSA) is 126 Å². The third kappa shape index (κ3) is 4.84. The highest BCUT2D eigenvalue weighted by Crippen LogP contribution is 2.45. The van der Waals surface area contributed by atoms with E-state index in [1.807, 2.05) is 16.3 Å². The quantitative estimate of drug-likeness (QED) is 0.377. The molecule has 2 unspecified atom stereocenters. The van der Waals surface area contributed by atoms with Gasteiger partial charge in [0.1, 0.15) is 11.6 Å². The summed E-state index contributed by atoms with van der Waals surface area (Å²) >= 11 is 1.52. The molecule has 12 heteroatoms. The van der Waals surface area contributed by atoms with E-state index in [9.17, 15) is 9.59 Å². The van der Waals surface area contributed by atoms with Crippen molar-refractivity contribution in [3.05, 3.63) is 47.6 Å². The van der Waals surface area contributed by atoms with Gasteiger partial charge in [-0.25, -0.2) is 14.2 Å². The molecule has 2 aliphatic carbocycles. The second-order valence-electron chi connectivity index (χ2n) is 10.0. The Labute approximate surface area is 229 Å². The van der Waals surface area contributed by atoms with Crippen LogP contribution in [0.3, 0.4) is 0 Å². The van der Waals surface area contributed by atoms with E-state index in [1.54, 1.807) is 24.0 Å². The Balaban J connectivity index is 1.18. The van der Waals surface area contributed by atoms with E-state index >= 15 is 4.39 Å².